The van der Waals surface area contributed by atoms with Gasteiger partial charge >= 0.3 is 0 Å². The van der Waals surface area contributed by atoms with E-state index in [0.717, 1.165) is 17.1 Å². The second kappa shape index (κ2) is 6.12. The standard InChI is InChI=1S/C12H18N4O2S/c1-7-8(2)19-11(15-7)3-4-14-12(18)9-5-13-6-10(17)16-9/h9,13H,3-6H2,1-2H3,(H,14,18)(H,16,17)/t9-/m0/s1. The third kappa shape index (κ3) is 3.74. The smallest absolute Gasteiger partial charge is 0.243 e. The van der Waals surface area contributed by atoms with Gasteiger partial charge < -0.3 is 16.0 Å². The van der Waals surface area contributed by atoms with Gasteiger partial charge in [-0.15, -0.1) is 11.3 Å². The fraction of sp³-hybridized carbons (Fsp3) is 0.583. The van der Waals surface area contributed by atoms with Crippen molar-refractivity contribution in [3.05, 3.63) is 15.6 Å². The Morgan fingerprint density at radius 2 is 2.32 bits per heavy atom. The van der Waals surface area contributed by atoms with E-state index >= 15 is 0 Å². The molecule has 0 spiro atoms. The molecule has 1 atom stereocenters. The summed E-state index contributed by atoms with van der Waals surface area (Å²) in [6.07, 6.45) is 0.721. The summed E-state index contributed by atoms with van der Waals surface area (Å²) in [5.74, 6) is -0.289. The van der Waals surface area contributed by atoms with Gasteiger partial charge in [0.15, 0.2) is 0 Å². The highest BCUT2D eigenvalue weighted by Gasteiger charge is 2.23. The van der Waals surface area contributed by atoms with Gasteiger partial charge in [-0.1, -0.05) is 0 Å². The molecule has 1 aromatic rings. The van der Waals surface area contributed by atoms with Gasteiger partial charge in [-0.25, -0.2) is 4.98 Å². The molecule has 0 saturated carbocycles. The molecule has 2 amide bonds. The van der Waals surface area contributed by atoms with Crippen LogP contribution in [0.5, 0.6) is 0 Å². The third-order valence-electron chi connectivity index (χ3n) is 3.00. The zero-order chi connectivity index (χ0) is 13.8. The summed E-state index contributed by atoms with van der Waals surface area (Å²) in [7, 11) is 0. The number of aromatic nitrogens is 1. The maximum Gasteiger partial charge on any atom is 0.243 e. The lowest BCUT2D eigenvalue weighted by molar-refractivity contribution is -0.130. The number of hydrogen-bond donors (Lipinski definition) is 3. The lowest BCUT2D eigenvalue weighted by atomic mass is 10.2. The van der Waals surface area contributed by atoms with Crippen LogP contribution in [0.1, 0.15) is 15.6 Å². The highest BCUT2D eigenvalue weighted by Crippen LogP contribution is 2.16. The Morgan fingerprint density at radius 3 is 2.95 bits per heavy atom. The Hall–Kier alpha value is -1.47. The van der Waals surface area contributed by atoms with Gasteiger partial charge in [0.2, 0.25) is 11.8 Å². The predicted molar refractivity (Wildman–Crippen MR) is 73.1 cm³/mol. The van der Waals surface area contributed by atoms with Crippen molar-refractivity contribution < 1.29 is 9.59 Å². The number of hydrogen-bond acceptors (Lipinski definition) is 5. The summed E-state index contributed by atoms with van der Waals surface area (Å²) in [4.78, 5) is 28.6. The molecule has 19 heavy (non-hydrogen) atoms. The summed E-state index contributed by atoms with van der Waals surface area (Å²) in [5, 5.41) is 9.40. The Labute approximate surface area is 116 Å². The van der Waals surface area contributed by atoms with Crippen LogP contribution in [-0.2, 0) is 16.0 Å². The molecule has 1 saturated heterocycles. The number of carbonyl (C=O) groups excluding carboxylic acids is 2. The van der Waals surface area contributed by atoms with Crippen LogP contribution in [-0.4, -0.2) is 42.5 Å². The van der Waals surface area contributed by atoms with E-state index in [1.807, 2.05) is 13.8 Å². The Morgan fingerprint density at radius 1 is 1.53 bits per heavy atom. The molecule has 2 heterocycles. The zero-order valence-corrected chi connectivity index (χ0v) is 11.9. The second-order valence-corrected chi connectivity index (χ2v) is 5.83. The van der Waals surface area contributed by atoms with E-state index in [1.165, 1.54) is 4.88 Å². The fourth-order valence-corrected chi connectivity index (χ4v) is 2.78. The van der Waals surface area contributed by atoms with Gasteiger partial charge in [0.1, 0.15) is 6.04 Å². The van der Waals surface area contributed by atoms with Crippen LogP contribution in [0.25, 0.3) is 0 Å². The summed E-state index contributed by atoms with van der Waals surface area (Å²) < 4.78 is 0. The van der Waals surface area contributed by atoms with Crippen molar-refractivity contribution >= 4 is 23.2 Å². The molecule has 0 aliphatic carbocycles. The van der Waals surface area contributed by atoms with E-state index in [-0.39, 0.29) is 18.4 Å². The monoisotopic (exact) mass is 282 g/mol. The number of piperazine rings is 1. The van der Waals surface area contributed by atoms with Crippen molar-refractivity contribution in [3.8, 4) is 0 Å². The summed E-state index contributed by atoms with van der Waals surface area (Å²) >= 11 is 1.66. The quantitative estimate of drug-likeness (QED) is 0.696. The first-order valence-corrected chi connectivity index (χ1v) is 7.08. The minimum absolute atomic E-state index is 0.141. The number of nitrogens with zero attached hydrogens (tertiary/aromatic N) is 1. The first-order chi connectivity index (χ1) is 9.06. The van der Waals surface area contributed by atoms with Crippen molar-refractivity contribution in [2.75, 3.05) is 19.6 Å². The highest BCUT2D eigenvalue weighted by molar-refractivity contribution is 7.11. The average Bonchev–Trinajstić information content (AvgIpc) is 2.68. The molecule has 0 bridgehead atoms. The van der Waals surface area contributed by atoms with Crippen molar-refractivity contribution in [3.63, 3.8) is 0 Å². The molecule has 1 aromatic heterocycles. The molecular weight excluding hydrogens is 264 g/mol. The molecular formula is C12H18N4O2S. The minimum atomic E-state index is -0.471. The largest absolute Gasteiger partial charge is 0.354 e. The normalized spacial score (nSPS) is 19.1. The molecule has 7 heteroatoms. The molecule has 1 aliphatic heterocycles. The van der Waals surface area contributed by atoms with Crippen molar-refractivity contribution in [2.45, 2.75) is 26.3 Å². The van der Waals surface area contributed by atoms with Gasteiger partial charge in [0.25, 0.3) is 0 Å². The van der Waals surface area contributed by atoms with Crippen LogP contribution >= 0.6 is 11.3 Å². The number of amides is 2. The number of thiazole rings is 1. The van der Waals surface area contributed by atoms with Crippen LogP contribution in [0.15, 0.2) is 0 Å². The van der Waals surface area contributed by atoms with E-state index in [9.17, 15) is 9.59 Å². The molecule has 1 aliphatic rings. The molecule has 0 aromatic carbocycles. The van der Waals surface area contributed by atoms with E-state index in [4.69, 9.17) is 0 Å². The first kappa shape index (κ1) is 14.0. The molecule has 0 unspecified atom stereocenters. The van der Waals surface area contributed by atoms with E-state index < -0.39 is 6.04 Å². The van der Waals surface area contributed by atoms with Gasteiger partial charge in [-0.2, -0.15) is 0 Å². The average molecular weight is 282 g/mol. The topological polar surface area (TPSA) is 83.1 Å². The third-order valence-corrected chi connectivity index (χ3v) is 4.13. The Balaban J connectivity index is 1.76. The SMILES string of the molecule is Cc1nc(CCNC(=O)[C@@H]2CNCC(=O)N2)sc1C. The number of aryl methyl sites for hydroxylation is 2. The number of nitrogens with one attached hydrogen (secondary N) is 3. The predicted octanol–water partition coefficient (Wildman–Crippen LogP) is -0.493. The molecule has 0 radical (unpaired) electrons. The Kier molecular flexibility index (Phi) is 4.49. The molecule has 6 nitrogen and oxygen atoms in total. The summed E-state index contributed by atoms with van der Waals surface area (Å²) in [5.41, 5.74) is 1.05. The van der Waals surface area contributed by atoms with Crippen LogP contribution < -0.4 is 16.0 Å². The highest BCUT2D eigenvalue weighted by atomic mass is 32.1. The van der Waals surface area contributed by atoms with Crippen LogP contribution in [0, 0.1) is 13.8 Å². The molecule has 104 valence electrons. The summed E-state index contributed by atoms with van der Waals surface area (Å²) in [6, 6.07) is -0.471. The van der Waals surface area contributed by atoms with Crippen molar-refractivity contribution in [1.82, 2.24) is 20.9 Å². The van der Waals surface area contributed by atoms with Gasteiger partial charge in [0, 0.05) is 24.4 Å². The number of carbonyl (C=O) groups is 2. The van der Waals surface area contributed by atoms with Crippen molar-refractivity contribution in [1.29, 1.82) is 0 Å². The van der Waals surface area contributed by atoms with Gasteiger partial charge in [-0.3, -0.25) is 9.59 Å². The second-order valence-electron chi connectivity index (χ2n) is 4.54. The van der Waals surface area contributed by atoms with E-state index in [0.29, 0.717) is 13.1 Å². The van der Waals surface area contributed by atoms with E-state index in [1.54, 1.807) is 11.3 Å². The van der Waals surface area contributed by atoms with Crippen LogP contribution in [0.4, 0.5) is 0 Å². The zero-order valence-electron chi connectivity index (χ0n) is 11.1. The fourth-order valence-electron chi connectivity index (χ4n) is 1.85. The maximum absolute atomic E-state index is 11.8. The Bertz CT molecular complexity index is 467. The summed E-state index contributed by atoms with van der Waals surface area (Å²) in [6.45, 7) is 5.32. The first-order valence-electron chi connectivity index (χ1n) is 6.27. The van der Waals surface area contributed by atoms with Gasteiger partial charge in [-0.05, 0) is 13.8 Å². The molecule has 3 N–H and O–H groups in total. The van der Waals surface area contributed by atoms with Crippen LogP contribution in [0.2, 0.25) is 0 Å². The van der Waals surface area contributed by atoms with Crippen LogP contribution in [0.3, 0.4) is 0 Å². The lowest BCUT2D eigenvalue weighted by Crippen LogP contribution is -2.58. The molecule has 1 fully saturated rings. The van der Waals surface area contributed by atoms with Crippen molar-refractivity contribution in [2.24, 2.45) is 0 Å². The molecule has 2 rings (SSSR count). The minimum Gasteiger partial charge on any atom is -0.354 e. The lowest BCUT2D eigenvalue weighted by Gasteiger charge is -2.23. The van der Waals surface area contributed by atoms with Gasteiger partial charge in [0.05, 0.1) is 17.2 Å². The number of rotatable bonds is 4. The maximum atomic E-state index is 11.8. The van der Waals surface area contributed by atoms with E-state index in [2.05, 4.69) is 20.9 Å².